The number of hydrogen-bond acceptors (Lipinski definition) is 4. The molecule has 0 unspecified atom stereocenters. The van der Waals surface area contributed by atoms with Crippen molar-refractivity contribution in [3.05, 3.63) is 23.0 Å². The largest absolute Gasteiger partial charge is 0.416 e. The maximum atomic E-state index is 14.3. The lowest BCUT2D eigenvalue weighted by molar-refractivity contribution is -0.114. The Bertz CT molecular complexity index is 794. The molecule has 2 N–H and O–H groups in total. The van der Waals surface area contributed by atoms with Crippen LogP contribution in [-0.2, 0) is 11.8 Å². The van der Waals surface area contributed by atoms with Crippen molar-refractivity contribution in [2.75, 3.05) is 17.2 Å². The topological polar surface area (TPSA) is 68.2 Å². The van der Waals surface area contributed by atoms with Crippen molar-refractivity contribution in [1.29, 1.82) is 0 Å². The Hall–Kier alpha value is -2.42. The predicted molar refractivity (Wildman–Crippen MR) is 77.4 cm³/mol. The zero-order valence-electron chi connectivity index (χ0n) is 11.7. The zero-order chi connectivity index (χ0) is 16.7. The van der Waals surface area contributed by atoms with Gasteiger partial charge in [0.25, 0.3) is 0 Å². The molecule has 10 heteroatoms. The third-order valence-electron chi connectivity index (χ3n) is 3.22. The summed E-state index contributed by atoms with van der Waals surface area (Å²) in [6.45, 7) is -3.06. The van der Waals surface area contributed by atoms with E-state index in [0.717, 1.165) is 4.68 Å². The average molecular weight is 347 g/mol. The number of anilines is 2. The molecule has 0 bridgehead atoms. The summed E-state index contributed by atoms with van der Waals surface area (Å²) in [6.07, 6.45) is 0. The van der Waals surface area contributed by atoms with Crippen molar-refractivity contribution in [2.24, 2.45) is 7.05 Å². The number of halogens is 4. The SMILES string of the molecule is Cn1nc(-c2cc3c(cc2F)NCC(=O)N3)c(Cl)c1OC(F)F. The van der Waals surface area contributed by atoms with Gasteiger partial charge in [0.05, 0.1) is 17.9 Å². The third kappa shape index (κ3) is 2.79. The molecule has 0 spiro atoms. The van der Waals surface area contributed by atoms with Crippen LogP contribution in [0.5, 0.6) is 5.88 Å². The van der Waals surface area contributed by atoms with Gasteiger partial charge in [0, 0.05) is 12.6 Å². The van der Waals surface area contributed by atoms with Crippen LogP contribution >= 0.6 is 11.6 Å². The van der Waals surface area contributed by atoms with E-state index in [1.165, 1.54) is 19.2 Å². The monoisotopic (exact) mass is 346 g/mol. The Morgan fingerprint density at radius 3 is 2.83 bits per heavy atom. The van der Waals surface area contributed by atoms with Crippen LogP contribution in [0.1, 0.15) is 0 Å². The number of amides is 1. The maximum absolute atomic E-state index is 14.3. The van der Waals surface area contributed by atoms with Crippen LogP contribution in [0.4, 0.5) is 24.5 Å². The van der Waals surface area contributed by atoms with Crippen LogP contribution in [-0.4, -0.2) is 28.8 Å². The fourth-order valence-corrected chi connectivity index (χ4v) is 2.55. The van der Waals surface area contributed by atoms with Crippen molar-refractivity contribution in [3.63, 3.8) is 0 Å². The number of aromatic nitrogens is 2. The van der Waals surface area contributed by atoms with Gasteiger partial charge in [-0.3, -0.25) is 4.79 Å². The summed E-state index contributed by atoms with van der Waals surface area (Å²) in [6, 6.07) is 2.50. The lowest BCUT2D eigenvalue weighted by atomic mass is 10.1. The highest BCUT2D eigenvalue weighted by Crippen LogP contribution is 2.39. The first-order valence-corrected chi connectivity index (χ1v) is 6.79. The lowest BCUT2D eigenvalue weighted by Gasteiger charge is -2.19. The van der Waals surface area contributed by atoms with Gasteiger partial charge in [0.1, 0.15) is 16.5 Å². The number of nitrogens with one attached hydrogen (secondary N) is 2. The molecular weight excluding hydrogens is 337 g/mol. The van der Waals surface area contributed by atoms with Gasteiger partial charge in [-0.15, -0.1) is 0 Å². The summed E-state index contributed by atoms with van der Waals surface area (Å²) in [5, 5.41) is 9.00. The quantitative estimate of drug-likeness (QED) is 0.896. The molecular formula is C13H10ClF3N4O2. The fraction of sp³-hybridized carbons (Fsp3) is 0.231. The van der Waals surface area contributed by atoms with Crippen molar-refractivity contribution < 1.29 is 22.7 Å². The minimum Gasteiger partial charge on any atom is -0.416 e. The van der Waals surface area contributed by atoms with Crippen LogP contribution in [0.3, 0.4) is 0 Å². The van der Waals surface area contributed by atoms with Gasteiger partial charge in [0.15, 0.2) is 0 Å². The van der Waals surface area contributed by atoms with Crippen LogP contribution in [0.15, 0.2) is 12.1 Å². The number of rotatable bonds is 3. The molecule has 122 valence electrons. The normalized spacial score (nSPS) is 13.6. The molecule has 1 aliphatic heterocycles. The molecule has 6 nitrogen and oxygen atoms in total. The van der Waals surface area contributed by atoms with E-state index in [9.17, 15) is 18.0 Å². The van der Waals surface area contributed by atoms with E-state index in [-0.39, 0.29) is 34.6 Å². The summed E-state index contributed by atoms with van der Waals surface area (Å²) in [7, 11) is 1.34. The number of carbonyl (C=O) groups excluding carboxylic acids is 1. The number of nitrogens with zero attached hydrogens (tertiary/aromatic N) is 2. The molecule has 23 heavy (non-hydrogen) atoms. The molecule has 0 aliphatic carbocycles. The summed E-state index contributed by atoms with van der Waals surface area (Å²) in [5.74, 6) is -1.34. The number of aryl methyl sites for hydroxylation is 1. The Kier molecular flexibility index (Phi) is 3.80. The van der Waals surface area contributed by atoms with Gasteiger partial charge >= 0.3 is 6.61 Å². The Morgan fingerprint density at radius 1 is 1.39 bits per heavy atom. The molecule has 2 heterocycles. The first kappa shape index (κ1) is 15.5. The maximum Gasteiger partial charge on any atom is 0.388 e. The summed E-state index contributed by atoms with van der Waals surface area (Å²) in [4.78, 5) is 11.4. The van der Waals surface area contributed by atoms with E-state index < -0.39 is 12.4 Å². The molecule has 1 aromatic heterocycles. The van der Waals surface area contributed by atoms with Crippen molar-refractivity contribution >= 4 is 28.9 Å². The summed E-state index contributed by atoms with van der Waals surface area (Å²) >= 11 is 5.98. The number of alkyl halides is 2. The number of hydrogen-bond donors (Lipinski definition) is 2. The fourth-order valence-electron chi connectivity index (χ4n) is 2.24. The molecule has 0 saturated heterocycles. The molecule has 1 aliphatic rings. The highest BCUT2D eigenvalue weighted by molar-refractivity contribution is 6.34. The molecule has 0 radical (unpaired) electrons. The number of benzene rings is 1. The van der Waals surface area contributed by atoms with Gasteiger partial charge in [-0.05, 0) is 12.1 Å². The van der Waals surface area contributed by atoms with Gasteiger partial charge in [-0.2, -0.15) is 13.9 Å². The second-order valence-corrected chi connectivity index (χ2v) is 5.13. The van der Waals surface area contributed by atoms with Crippen molar-refractivity contribution in [1.82, 2.24) is 9.78 Å². The van der Waals surface area contributed by atoms with Crippen molar-refractivity contribution in [3.8, 4) is 17.1 Å². The molecule has 0 saturated carbocycles. The summed E-state index contributed by atoms with van der Waals surface area (Å²) < 4.78 is 44.3. The van der Waals surface area contributed by atoms with E-state index >= 15 is 0 Å². The van der Waals surface area contributed by atoms with Gasteiger partial charge in [-0.1, -0.05) is 11.6 Å². The minimum absolute atomic E-state index is 0.0303. The molecule has 3 rings (SSSR count). The summed E-state index contributed by atoms with van der Waals surface area (Å²) in [5.41, 5.74) is 0.639. The van der Waals surface area contributed by atoms with Crippen LogP contribution < -0.4 is 15.4 Å². The van der Waals surface area contributed by atoms with E-state index in [1.54, 1.807) is 0 Å². The molecule has 2 aromatic rings. The Morgan fingerprint density at radius 2 is 2.13 bits per heavy atom. The third-order valence-corrected chi connectivity index (χ3v) is 3.56. The van der Waals surface area contributed by atoms with E-state index in [0.29, 0.717) is 11.4 Å². The highest BCUT2D eigenvalue weighted by atomic mass is 35.5. The molecule has 0 atom stereocenters. The zero-order valence-corrected chi connectivity index (χ0v) is 12.4. The first-order valence-electron chi connectivity index (χ1n) is 6.41. The standard InChI is InChI=1S/C13H10ClF3N4O2/c1-21-12(23-13(16)17)10(14)11(20-21)5-2-8-7(3-6(5)15)18-4-9(22)19-8/h2-3,13,18H,4H2,1H3,(H,19,22). The highest BCUT2D eigenvalue weighted by Gasteiger charge is 2.24. The van der Waals surface area contributed by atoms with Gasteiger partial charge in [0.2, 0.25) is 11.8 Å². The number of ether oxygens (including phenoxy) is 1. The van der Waals surface area contributed by atoms with Crippen LogP contribution in [0, 0.1) is 5.82 Å². The van der Waals surface area contributed by atoms with Crippen LogP contribution in [0.2, 0.25) is 5.02 Å². The lowest BCUT2D eigenvalue weighted by Crippen LogP contribution is -2.27. The predicted octanol–water partition coefficient (Wildman–Crippen LogP) is 2.85. The second kappa shape index (κ2) is 5.65. The Labute approximate surface area is 133 Å². The van der Waals surface area contributed by atoms with E-state index in [1.807, 2.05) is 0 Å². The molecule has 0 fully saturated rings. The van der Waals surface area contributed by atoms with Crippen molar-refractivity contribution in [2.45, 2.75) is 6.61 Å². The van der Waals surface area contributed by atoms with E-state index in [2.05, 4.69) is 20.5 Å². The average Bonchev–Trinajstić information content (AvgIpc) is 2.74. The molecule has 1 amide bonds. The first-order chi connectivity index (χ1) is 10.9. The number of fused-ring (bicyclic) bond motifs is 1. The van der Waals surface area contributed by atoms with E-state index in [4.69, 9.17) is 11.6 Å². The molecule has 1 aromatic carbocycles. The smallest absolute Gasteiger partial charge is 0.388 e. The minimum atomic E-state index is -3.09. The van der Waals surface area contributed by atoms with Gasteiger partial charge in [-0.25, -0.2) is 9.07 Å². The van der Waals surface area contributed by atoms with Crippen LogP contribution in [0.25, 0.3) is 11.3 Å². The second-order valence-electron chi connectivity index (χ2n) is 4.75. The Balaban J connectivity index is 2.09. The van der Waals surface area contributed by atoms with Gasteiger partial charge < -0.3 is 15.4 Å². The number of carbonyl (C=O) groups is 1.